The molecule has 0 aliphatic heterocycles. The van der Waals surface area contributed by atoms with Crippen LogP contribution in [0.5, 0.6) is 0 Å². The van der Waals surface area contributed by atoms with E-state index in [0.29, 0.717) is 0 Å². The molecule has 11 heavy (non-hydrogen) atoms. The van der Waals surface area contributed by atoms with Crippen LogP contribution in [-0.2, 0) is 14.6 Å². The van der Waals surface area contributed by atoms with Gasteiger partial charge in [0.15, 0.2) is 0 Å². The molecular formula is C6H8F2O3. The average molecular weight is 166 g/mol. The van der Waals surface area contributed by atoms with Crippen molar-refractivity contribution in [1.29, 1.82) is 0 Å². The highest BCUT2D eigenvalue weighted by atomic mass is 19.3. The van der Waals surface area contributed by atoms with Crippen molar-refractivity contribution in [1.82, 2.24) is 0 Å². The van der Waals surface area contributed by atoms with E-state index in [-0.39, 0.29) is 13.2 Å². The fraction of sp³-hybridized carbons (Fsp3) is 0.333. The Morgan fingerprint density at radius 2 is 1.36 bits per heavy atom. The molecule has 0 aliphatic carbocycles. The van der Waals surface area contributed by atoms with Gasteiger partial charge in [-0.15, -0.1) is 0 Å². The average Bonchev–Trinajstić information content (AvgIpc) is 2.03. The summed E-state index contributed by atoms with van der Waals surface area (Å²) in [5.41, 5.74) is 0. The molecule has 0 fully saturated rings. The summed E-state index contributed by atoms with van der Waals surface area (Å²) in [6.07, 6.45) is 4.33. The lowest BCUT2D eigenvalue weighted by molar-refractivity contribution is -0.0634. The largest absolute Gasteiger partial charge is 0.373 e. The van der Waals surface area contributed by atoms with E-state index in [1.165, 1.54) is 12.2 Å². The SMILES string of the molecule is FOC=CCOCC=COF. The Labute approximate surface area is 62.7 Å². The van der Waals surface area contributed by atoms with Crippen LogP contribution < -0.4 is 0 Å². The molecule has 0 amide bonds. The Bertz CT molecular complexity index is 111. The van der Waals surface area contributed by atoms with Gasteiger partial charge in [0.2, 0.25) is 0 Å². The molecule has 0 aromatic carbocycles. The summed E-state index contributed by atoms with van der Waals surface area (Å²) in [7, 11) is 0. The third-order valence-corrected chi connectivity index (χ3v) is 0.723. The maximum absolute atomic E-state index is 10.9. The monoisotopic (exact) mass is 166 g/mol. The molecule has 3 nitrogen and oxygen atoms in total. The zero-order valence-electron chi connectivity index (χ0n) is 5.70. The number of ether oxygens (including phenoxy) is 1. The predicted molar refractivity (Wildman–Crippen MR) is 33.5 cm³/mol. The second-order valence-corrected chi connectivity index (χ2v) is 1.46. The molecular weight excluding hydrogens is 158 g/mol. The third-order valence-electron chi connectivity index (χ3n) is 0.723. The number of halogens is 2. The summed E-state index contributed by atoms with van der Waals surface area (Å²) in [6, 6.07) is 0. The van der Waals surface area contributed by atoms with Crippen molar-refractivity contribution < 1.29 is 23.7 Å². The lowest BCUT2D eigenvalue weighted by atomic mass is 10.6. The summed E-state index contributed by atoms with van der Waals surface area (Å²) >= 11 is 0. The van der Waals surface area contributed by atoms with E-state index in [9.17, 15) is 9.05 Å². The van der Waals surface area contributed by atoms with Crippen molar-refractivity contribution in [2.24, 2.45) is 0 Å². The standard InChI is InChI=1S/C6H8F2O3/c7-10-5-1-3-9-4-2-6-11-8/h1-2,5-6H,3-4H2. The second-order valence-electron chi connectivity index (χ2n) is 1.46. The summed E-state index contributed by atoms with van der Waals surface area (Å²) in [6.45, 7) is 0.390. The first kappa shape index (κ1) is 9.90. The molecule has 0 aromatic rings. The second kappa shape index (κ2) is 8.90. The van der Waals surface area contributed by atoms with E-state index in [0.717, 1.165) is 12.5 Å². The molecule has 64 valence electrons. The highest BCUT2D eigenvalue weighted by Gasteiger charge is 1.78. The minimum Gasteiger partial charge on any atom is -0.373 e. The van der Waals surface area contributed by atoms with Crippen LogP contribution in [0, 0.1) is 0 Å². The first-order valence-corrected chi connectivity index (χ1v) is 2.84. The van der Waals surface area contributed by atoms with Gasteiger partial charge in [-0.3, -0.25) is 0 Å². The molecule has 0 rings (SSSR count). The van der Waals surface area contributed by atoms with E-state index in [1.807, 2.05) is 0 Å². The van der Waals surface area contributed by atoms with Gasteiger partial charge in [-0.05, 0) is 12.2 Å². The summed E-state index contributed by atoms with van der Waals surface area (Å²) in [4.78, 5) is 6.21. The minimum atomic E-state index is 0.195. The fourth-order valence-electron chi connectivity index (χ4n) is 0.355. The van der Waals surface area contributed by atoms with Crippen LogP contribution in [0.1, 0.15) is 0 Å². The Balaban J connectivity index is 3.02. The molecule has 0 atom stereocenters. The van der Waals surface area contributed by atoms with Crippen LogP contribution in [0.2, 0.25) is 0 Å². The van der Waals surface area contributed by atoms with E-state index in [2.05, 4.69) is 9.88 Å². The molecule has 0 heterocycles. The number of rotatable bonds is 6. The molecule has 0 saturated carbocycles. The third kappa shape index (κ3) is 8.90. The first-order chi connectivity index (χ1) is 5.41. The molecule has 0 unspecified atom stereocenters. The van der Waals surface area contributed by atoms with E-state index in [4.69, 9.17) is 4.74 Å². The zero-order chi connectivity index (χ0) is 8.36. The molecule has 0 radical (unpaired) electrons. The molecule has 5 heteroatoms. The van der Waals surface area contributed by atoms with Crippen molar-refractivity contribution in [3.8, 4) is 0 Å². The zero-order valence-corrected chi connectivity index (χ0v) is 5.70. The summed E-state index contributed by atoms with van der Waals surface area (Å²) in [5.74, 6) is 0. The predicted octanol–water partition coefficient (Wildman–Crippen LogP) is 1.83. The van der Waals surface area contributed by atoms with E-state index >= 15 is 0 Å². The van der Waals surface area contributed by atoms with Crippen molar-refractivity contribution in [3.05, 3.63) is 24.7 Å². The Hall–Kier alpha value is -1.10. The smallest absolute Gasteiger partial charge is 0.134 e. The normalized spacial score (nSPS) is 11.1. The van der Waals surface area contributed by atoms with Crippen LogP contribution >= 0.6 is 0 Å². The van der Waals surface area contributed by atoms with Gasteiger partial charge in [0.1, 0.15) is 12.5 Å². The van der Waals surface area contributed by atoms with Crippen molar-refractivity contribution in [2.45, 2.75) is 0 Å². The van der Waals surface area contributed by atoms with Crippen LogP contribution in [0.15, 0.2) is 24.7 Å². The summed E-state index contributed by atoms with van der Waals surface area (Å²) in [5, 5.41) is 0. The van der Waals surface area contributed by atoms with E-state index in [1.54, 1.807) is 0 Å². The van der Waals surface area contributed by atoms with Crippen LogP contribution in [0.25, 0.3) is 0 Å². The maximum atomic E-state index is 10.9. The van der Waals surface area contributed by atoms with Gasteiger partial charge in [0, 0.05) is 9.05 Å². The molecule has 0 aliphatic rings. The van der Waals surface area contributed by atoms with Crippen LogP contribution in [0.3, 0.4) is 0 Å². The highest BCUT2D eigenvalue weighted by Crippen LogP contribution is 1.82. The van der Waals surface area contributed by atoms with Gasteiger partial charge in [-0.1, -0.05) is 0 Å². The highest BCUT2D eigenvalue weighted by molar-refractivity contribution is 4.75. The molecule has 0 bridgehead atoms. The lowest BCUT2D eigenvalue weighted by Crippen LogP contribution is -1.89. The molecule has 0 N–H and O–H groups in total. The molecule has 0 spiro atoms. The van der Waals surface area contributed by atoms with Gasteiger partial charge in [0.25, 0.3) is 0 Å². The lowest BCUT2D eigenvalue weighted by Gasteiger charge is -1.91. The Kier molecular flexibility index (Phi) is 8.01. The van der Waals surface area contributed by atoms with Gasteiger partial charge in [-0.2, -0.15) is 0 Å². The Morgan fingerprint density at radius 1 is 0.909 bits per heavy atom. The van der Waals surface area contributed by atoms with Gasteiger partial charge >= 0.3 is 0 Å². The number of hydrogen-bond acceptors (Lipinski definition) is 3. The quantitative estimate of drug-likeness (QED) is 0.445. The maximum Gasteiger partial charge on any atom is 0.134 e. The van der Waals surface area contributed by atoms with Crippen LogP contribution in [0.4, 0.5) is 9.05 Å². The van der Waals surface area contributed by atoms with E-state index < -0.39 is 0 Å². The van der Waals surface area contributed by atoms with Crippen molar-refractivity contribution >= 4 is 0 Å². The Morgan fingerprint density at radius 3 is 1.73 bits per heavy atom. The molecule has 0 saturated heterocycles. The van der Waals surface area contributed by atoms with Gasteiger partial charge < -0.3 is 14.6 Å². The van der Waals surface area contributed by atoms with Gasteiger partial charge in [0.05, 0.1) is 13.2 Å². The number of hydrogen-bond donors (Lipinski definition) is 0. The first-order valence-electron chi connectivity index (χ1n) is 2.84. The topological polar surface area (TPSA) is 27.7 Å². The summed E-state index contributed by atoms with van der Waals surface area (Å²) < 4.78 is 26.6. The van der Waals surface area contributed by atoms with Gasteiger partial charge in [-0.25, -0.2) is 0 Å². The fourth-order valence-corrected chi connectivity index (χ4v) is 0.355. The van der Waals surface area contributed by atoms with Crippen molar-refractivity contribution in [2.75, 3.05) is 13.2 Å². The minimum absolute atomic E-state index is 0.195. The van der Waals surface area contributed by atoms with Crippen molar-refractivity contribution in [3.63, 3.8) is 0 Å². The van der Waals surface area contributed by atoms with Crippen LogP contribution in [-0.4, -0.2) is 13.2 Å². The molecule has 0 aromatic heterocycles.